The molecular weight excluding hydrogens is 182 g/mol. The average molecular weight is 195 g/mol. The Morgan fingerprint density at radius 2 is 2.54 bits per heavy atom. The molecule has 1 saturated carbocycles. The Labute approximate surface area is 82.0 Å². The number of nitrogens with one attached hydrogen (secondary N) is 1. The molecule has 1 aliphatic rings. The van der Waals surface area contributed by atoms with Crippen LogP contribution in [0.2, 0.25) is 0 Å². The first-order valence-corrected chi connectivity index (χ1v) is 5.45. The van der Waals surface area contributed by atoms with Gasteiger partial charge >= 0.3 is 0 Å². The van der Waals surface area contributed by atoms with Crippen LogP contribution in [0.25, 0.3) is 0 Å². The van der Waals surface area contributed by atoms with Crippen LogP contribution in [0.15, 0.2) is 17.5 Å². The first kappa shape index (κ1) is 8.75. The van der Waals surface area contributed by atoms with Crippen LogP contribution < -0.4 is 5.32 Å². The molecule has 1 N–H and O–H groups in total. The van der Waals surface area contributed by atoms with Crippen molar-refractivity contribution in [2.45, 2.75) is 19.9 Å². The number of amides is 1. The standard InChI is InChI=1S/C10H13NOS/c1-7-5-9(7)10(12)11-6-8-3-2-4-13-8/h2-4,7,9H,5-6H2,1H3,(H,11,12). The summed E-state index contributed by atoms with van der Waals surface area (Å²) in [5.74, 6) is 1.11. The van der Waals surface area contributed by atoms with Gasteiger partial charge < -0.3 is 5.32 Å². The molecule has 70 valence electrons. The first-order valence-electron chi connectivity index (χ1n) is 4.57. The highest BCUT2D eigenvalue weighted by Gasteiger charge is 2.38. The highest BCUT2D eigenvalue weighted by molar-refractivity contribution is 7.09. The van der Waals surface area contributed by atoms with Gasteiger partial charge in [0.2, 0.25) is 5.91 Å². The van der Waals surface area contributed by atoms with Crippen molar-refractivity contribution in [1.82, 2.24) is 5.32 Å². The summed E-state index contributed by atoms with van der Waals surface area (Å²) in [5.41, 5.74) is 0. The summed E-state index contributed by atoms with van der Waals surface area (Å²) < 4.78 is 0. The van der Waals surface area contributed by atoms with Crippen LogP contribution in [0.1, 0.15) is 18.2 Å². The number of carbonyl (C=O) groups excluding carboxylic acids is 1. The van der Waals surface area contributed by atoms with Gasteiger partial charge in [0, 0.05) is 10.8 Å². The van der Waals surface area contributed by atoms with Gasteiger partial charge in [0.1, 0.15) is 0 Å². The third kappa shape index (κ3) is 2.10. The molecule has 13 heavy (non-hydrogen) atoms. The fourth-order valence-electron chi connectivity index (χ4n) is 1.41. The molecule has 1 amide bonds. The third-order valence-electron chi connectivity index (χ3n) is 2.46. The minimum absolute atomic E-state index is 0.223. The van der Waals surface area contributed by atoms with Crippen LogP contribution in [0, 0.1) is 11.8 Å². The molecule has 1 aromatic heterocycles. The highest BCUT2D eigenvalue weighted by atomic mass is 32.1. The first-order chi connectivity index (χ1) is 6.27. The molecular formula is C10H13NOS. The van der Waals surface area contributed by atoms with E-state index in [2.05, 4.69) is 12.2 Å². The van der Waals surface area contributed by atoms with Gasteiger partial charge in [-0.1, -0.05) is 13.0 Å². The molecule has 2 unspecified atom stereocenters. The van der Waals surface area contributed by atoms with E-state index >= 15 is 0 Å². The van der Waals surface area contributed by atoms with E-state index in [0.29, 0.717) is 18.4 Å². The van der Waals surface area contributed by atoms with E-state index in [1.54, 1.807) is 11.3 Å². The molecule has 2 rings (SSSR count). The second kappa shape index (κ2) is 3.50. The normalized spacial score (nSPS) is 25.6. The zero-order valence-electron chi connectivity index (χ0n) is 7.62. The Morgan fingerprint density at radius 3 is 3.08 bits per heavy atom. The van der Waals surface area contributed by atoms with Crippen molar-refractivity contribution in [2.24, 2.45) is 11.8 Å². The van der Waals surface area contributed by atoms with Crippen molar-refractivity contribution < 1.29 is 4.79 Å². The Kier molecular flexibility index (Phi) is 2.36. The summed E-state index contributed by atoms with van der Waals surface area (Å²) >= 11 is 1.68. The van der Waals surface area contributed by atoms with Gasteiger partial charge in [0.05, 0.1) is 6.54 Å². The fourth-order valence-corrected chi connectivity index (χ4v) is 2.05. The minimum Gasteiger partial charge on any atom is -0.351 e. The van der Waals surface area contributed by atoms with E-state index in [4.69, 9.17) is 0 Å². The molecule has 1 aromatic rings. The zero-order chi connectivity index (χ0) is 9.26. The number of thiophene rings is 1. The summed E-state index contributed by atoms with van der Waals surface area (Å²) in [6, 6.07) is 4.05. The lowest BCUT2D eigenvalue weighted by molar-refractivity contribution is -0.122. The second-order valence-electron chi connectivity index (χ2n) is 3.62. The van der Waals surface area contributed by atoms with Crippen molar-refractivity contribution in [3.63, 3.8) is 0 Å². The van der Waals surface area contributed by atoms with Crippen molar-refractivity contribution in [3.05, 3.63) is 22.4 Å². The van der Waals surface area contributed by atoms with Crippen molar-refractivity contribution >= 4 is 17.2 Å². The molecule has 2 nitrogen and oxygen atoms in total. The van der Waals surface area contributed by atoms with E-state index in [-0.39, 0.29) is 5.91 Å². The van der Waals surface area contributed by atoms with Crippen LogP contribution in [-0.2, 0) is 11.3 Å². The number of hydrogen-bond donors (Lipinski definition) is 1. The number of hydrogen-bond acceptors (Lipinski definition) is 2. The monoisotopic (exact) mass is 195 g/mol. The van der Waals surface area contributed by atoms with Gasteiger partial charge in [-0.25, -0.2) is 0 Å². The maximum atomic E-state index is 11.4. The summed E-state index contributed by atoms with van der Waals surface area (Å²) in [5, 5.41) is 4.98. The van der Waals surface area contributed by atoms with Crippen molar-refractivity contribution in [1.29, 1.82) is 0 Å². The van der Waals surface area contributed by atoms with E-state index in [0.717, 1.165) is 6.42 Å². The molecule has 0 saturated heterocycles. The molecule has 3 heteroatoms. The van der Waals surface area contributed by atoms with Crippen LogP contribution in [0.3, 0.4) is 0 Å². The minimum atomic E-state index is 0.223. The van der Waals surface area contributed by atoms with E-state index in [1.807, 2.05) is 17.5 Å². The van der Waals surface area contributed by atoms with Crippen LogP contribution in [0.4, 0.5) is 0 Å². The Balaban J connectivity index is 1.77. The molecule has 0 bridgehead atoms. The lowest BCUT2D eigenvalue weighted by Crippen LogP contribution is -2.24. The van der Waals surface area contributed by atoms with Gasteiger partial charge in [-0.2, -0.15) is 0 Å². The second-order valence-corrected chi connectivity index (χ2v) is 4.65. The summed E-state index contributed by atoms with van der Waals surface area (Å²) in [6.45, 7) is 2.81. The maximum Gasteiger partial charge on any atom is 0.223 e. The van der Waals surface area contributed by atoms with E-state index < -0.39 is 0 Å². The SMILES string of the molecule is CC1CC1C(=O)NCc1cccs1. The average Bonchev–Trinajstić information content (AvgIpc) is 2.68. The van der Waals surface area contributed by atoms with Gasteiger partial charge in [0.25, 0.3) is 0 Å². The van der Waals surface area contributed by atoms with Crippen LogP contribution in [0.5, 0.6) is 0 Å². The zero-order valence-corrected chi connectivity index (χ0v) is 8.43. The molecule has 0 spiro atoms. The van der Waals surface area contributed by atoms with Crippen LogP contribution >= 0.6 is 11.3 Å². The quantitative estimate of drug-likeness (QED) is 0.785. The molecule has 0 aromatic carbocycles. The lowest BCUT2D eigenvalue weighted by Gasteiger charge is -2.01. The predicted molar refractivity (Wildman–Crippen MR) is 53.4 cm³/mol. The number of carbonyl (C=O) groups is 1. The summed E-state index contributed by atoms with van der Waals surface area (Å²) in [6.07, 6.45) is 1.07. The van der Waals surface area contributed by atoms with Crippen LogP contribution in [-0.4, -0.2) is 5.91 Å². The molecule has 1 heterocycles. The van der Waals surface area contributed by atoms with Crippen molar-refractivity contribution in [2.75, 3.05) is 0 Å². The lowest BCUT2D eigenvalue weighted by atomic mass is 10.3. The Morgan fingerprint density at radius 1 is 1.77 bits per heavy atom. The maximum absolute atomic E-state index is 11.4. The van der Waals surface area contributed by atoms with Gasteiger partial charge in [-0.15, -0.1) is 11.3 Å². The van der Waals surface area contributed by atoms with Gasteiger partial charge in [0.15, 0.2) is 0 Å². The molecule has 0 radical (unpaired) electrons. The molecule has 0 aliphatic heterocycles. The van der Waals surface area contributed by atoms with Crippen molar-refractivity contribution in [3.8, 4) is 0 Å². The number of rotatable bonds is 3. The van der Waals surface area contributed by atoms with E-state index in [1.165, 1.54) is 4.88 Å². The largest absolute Gasteiger partial charge is 0.351 e. The smallest absolute Gasteiger partial charge is 0.223 e. The topological polar surface area (TPSA) is 29.1 Å². The Hall–Kier alpha value is -0.830. The Bertz CT molecular complexity index is 294. The third-order valence-corrected chi connectivity index (χ3v) is 3.34. The molecule has 2 atom stereocenters. The molecule has 1 fully saturated rings. The fraction of sp³-hybridized carbons (Fsp3) is 0.500. The highest BCUT2D eigenvalue weighted by Crippen LogP contribution is 2.37. The van der Waals surface area contributed by atoms with Gasteiger partial charge in [-0.05, 0) is 23.8 Å². The predicted octanol–water partition coefficient (Wildman–Crippen LogP) is 2.02. The van der Waals surface area contributed by atoms with E-state index in [9.17, 15) is 4.79 Å². The summed E-state index contributed by atoms with van der Waals surface area (Å²) in [7, 11) is 0. The molecule has 1 aliphatic carbocycles. The van der Waals surface area contributed by atoms with Gasteiger partial charge in [-0.3, -0.25) is 4.79 Å². The summed E-state index contributed by atoms with van der Waals surface area (Å²) in [4.78, 5) is 12.6.